The summed E-state index contributed by atoms with van der Waals surface area (Å²) in [5.41, 5.74) is 1.96. The Bertz CT molecular complexity index is 945. The maximum absolute atomic E-state index is 12.5. The molecule has 2 amide bonds. The average molecular weight is 339 g/mol. The third-order valence-electron chi connectivity index (χ3n) is 4.32. The van der Waals surface area contributed by atoms with E-state index in [4.69, 9.17) is 4.52 Å². The summed E-state index contributed by atoms with van der Waals surface area (Å²) in [6, 6.07) is 6.86. The van der Waals surface area contributed by atoms with Gasteiger partial charge in [-0.1, -0.05) is 17.3 Å². The molecule has 1 N–H and O–H groups in total. The van der Waals surface area contributed by atoms with Crippen LogP contribution in [0, 0.1) is 0 Å². The van der Waals surface area contributed by atoms with E-state index in [1.54, 1.807) is 35.1 Å². The molecule has 2 aromatic heterocycles. The van der Waals surface area contributed by atoms with E-state index in [2.05, 4.69) is 15.6 Å². The first-order valence-electron chi connectivity index (χ1n) is 8.04. The molecule has 0 radical (unpaired) electrons. The molecule has 1 aromatic carbocycles. The molecule has 0 bridgehead atoms. The fourth-order valence-corrected chi connectivity index (χ4v) is 3.08. The number of aryl methyl sites for hydroxylation is 1. The average Bonchev–Trinajstić information content (AvgIpc) is 3.29. The smallest absolute Gasteiger partial charge is 0.249 e. The van der Waals surface area contributed by atoms with Gasteiger partial charge in [0, 0.05) is 25.2 Å². The van der Waals surface area contributed by atoms with Gasteiger partial charge in [0.25, 0.3) is 0 Å². The molecule has 1 saturated heterocycles. The second kappa shape index (κ2) is 6.04. The number of hydrogen-bond acceptors (Lipinski definition) is 5. The van der Waals surface area contributed by atoms with Crippen LogP contribution in [-0.2, 0) is 23.1 Å². The molecule has 1 fully saturated rings. The van der Waals surface area contributed by atoms with E-state index in [0.717, 1.165) is 11.1 Å². The van der Waals surface area contributed by atoms with E-state index in [1.807, 2.05) is 18.2 Å². The maximum atomic E-state index is 12.5. The Hall–Kier alpha value is -3.16. The van der Waals surface area contributed by atoms with Crippen LogP contribution in [0.2, 0.25) is 0 Å². The van der Waals surface area contributed by atoms with Crippen LogP contribution >= 0.6 is 0 Å². The maximum Gasteiger partial charge on any atom is 0.249 e. The SMILES string of the molecule is Cn1cc(N2CC[C@@H](NC(=O)Cc3noc4ccccc34)C2=O)cn1. The highest BCUT2D eigenvalue weighted by Crippen LogP contribution is 2.21. The number of carbonyl (C=O) groups is 2. The molecule has 1 aliphatic rings. The van der Waals surface area contributed by atoms with E-state index in [-0.39, 0.29) is 18.2 Å². The van der Waals surface area contributed by atoms with Gasteiger partial charge in [0.05, 0.1) is 18.3 Å². The van der Waals surface area contributed by atoms with Crippen molar-refractivity contribution in [1.82, 2.24) is 20.3 Å². The lowest BCUT2D eigenvalue weighted by molar-refractivity contribution is -0.126. The van der Waals surface area contributed by atoms with E-state index < -0.39 is 6.04 Å². The largest absolute Gasteiger partial charge is 0.356 e. The van der Waals surface area contributed by atoms with Crippen molar-refractivity contribution in [2.45, 2.75) is 18.9 Å². The Labute approximate surface area is 143 Å². The molecule has 128 valence electrons. The molecule has 0 aliphatic carbocycles. The first-order valence-corrected chi connectivity index (χ1v) is 8.04. The van der Waals surface area contributed by atoms with Gasteiger partial charge < -0.3 is 14.7 Å². The summed E-state index contributed by atoms with van der Waals surface area (Å²) in [5.74, 6) is -0.364. The normalized spacial score (nSPS) is 17.4. The minimum absolute atomic E-state index is 0.0771. The van der Waals surface area contributed by atoms with Crippen LogP contribution in [0.3, 0.4) is 0 Å². The Balaban J connectivity index is 1.42. The van der Waals surface area contributed by atoms with Crippen LogP contribution in [0.25, 0.3) is 11.0 Å². The molecule has 3 heterocycles. The number of nitrogens with one attached hydrogen (secondary N) is 1. The molecule has 8 nitrogen and oxygen atoms in total. The summed E-state index contributed by atoms with van der Waals surface area (Å²) in [6.45, 7) is 0.558. The Kier molecular flexibility index (Phi) is 3.72. The fraction of sp³-hybridized carbons (Fsp3) is 0.294. The van der Waals surface area contributed by atoms with Gasteiger partial charge in [-0.25, -0.2) is 0 Å². The van der Waals surface area contributed by atoms with Crippen LogP contribution in [0.1, 0.15) is 12.1 Å². The fourth-order valence-electron chi connectivity index (χ4n) is 3.08. The van der Waals surface area contributed by atoms with E-state index in [0.29, 0.717) is 24.2 Å². The molecule has 3 aromatic rings. The van der Waals surface area contributed by atoms with Crippen LogP contribution < -0.4 is 10.2 Å². The molecule has 1 atom stereocenters. The van der Waals surface area contributed by atoms with Crippen molar-refractivity contribution in [3.8, 4) is 0 Å². The minimum atomic E-state index is -0.522. The number of fused-ring (bicyclic) bond motifs is 1. The molecule has 1 aliphatic heterocycles. The van der Waals surface area contributed by atoms with Gasteiger partial charge in [0.1, 0.15) is 11.7 Å². The number of carbonyl (C=O) groups excluding carboxylic acids is 2. The zero-order valence-electron chi connectivity index (χ0n) is 13.7. The molecule has 25 heavy (non-hydrogen) atoms. The quantitative estimate of drug-likeness (QED) is 0.766. The summed E-state index contributed by atoms with van der Waals surface area (Å²) in [7, 11) is 1.80. The van der Waals surface area contributed by atoms with Crippen molar-refractivity contribution in [2.75, 3.05) is 11.4 Å². The Morgan fingerprint density at radius 1 is 1.40 bits per heavy atom. The van der Waals surface area contributed by atoms with Crippen molar-refractivity contribution < 1.29 is 14.1 Å². The molecule has 0 saturated carbocycles. The van der Waals surface area contributed by atoms with Gasteiger partial charge in [0.2, 0.25) is 11.8 Å². The molecule has 0 unspecified atom stereocenters. The van der Waals surface area contributed by atoms with Gasteiger partial charge in [-0.3, -0.25) is 14.3 Å². The predicted octanol–water partition coefficient (Wildman–Crippen LogP) is 1.03. The van der Waals surface area contributed by atoms with Gasteiger partial charge in [0.15, 0.2) is 5.58 Å². The summed E-state index contributed by atoms with van der Waals surface area (Å²) in [6.07, 6.45) is 4.07. The highest BCUT2D eigenvalue weighted by Gasteiger charge is 2.34. The third kappa shape index (κ3) is 2.86. The number of rotatable bonds is 4. The van der Waals surface area contributed by atoms with Crippen molar-refractivity contribution in [3.05, 3.63) is 42.4 Å². The van der Waals surface area contributed by atoms with Crippen LogP contribution in [0.5, 0.6) is 0 Å². The second-order valence-corrected chi connectivity index (χ2v) is 6.07. The number of anilines is 1. The van der Waals surface area contributed by atoms with Crippen molar-refractivity contribution >= 4 is 28.5 Å². The number of para-hydroxylation sites is 1. The minimum Gasteiger partial charge on any atom is -0.356 e. The van der Waals surface area contributed by atoms with Crippen LogP contribution in [-0.4, -0.2) is 39.3 Å². The number of benzene rings is 1. The van der Waals surface area contributed by atoms with Crippen molar-refractivity contribution in [1.29, 1.82) is 0 Å². The lowest BCUT2D eigenvalue weighted by atomic mass is 10.1. The van der Waals surface area contributed by atoms with E-state index >= 15 is 0 Å². The molecular formula is C17H17N5O3. The lowest BCUT2D eigenvalue weighted by Gasteiger charge is -2.14. The highest BCUT2D eigenvalue weighted by molar-refractivity contribution is 6.01. The number of aromatic nitrogens is 3. The first kappa shape index (κ1) is 15.4. The monoisotopic (exact) mass is 339 g/mol. The van der Waals surface area contributed by atoms with Gasteiger partial charge in [-0.15, -0.1) is 0 Å². The molecule has 8 heteroatoms. The van der Waals surface area contributed by atoms with E-state index in [1.165, 1.54) is 0 Å². The summed E-state index contributed by atoms with van der Waals surface area (Å²) in [5, 5.41) is 11.6. The number of hydrogen-bond donors (Lipinski definition) is 1. The molecule has 4 rings (SSSR count). The van der Waals surface area contributed by atoms with Crippen molar-refractivity contribution in [2.24, 2.45) is 7.05 Å². The second-order valence-electron chi connectivity index (χ2n) is 6.07. The standard InChI is InChI=1S/C17H17N5O3/c1-21-10-11(9-18-21)22-7-6-13(17(22)24)19-16(23)8-14-12-4-2-3-5-15(12)25-20-14/h2-5,9-10,13H,6-8H2,1H3,(H,19,23)/t13-/m1/s1. The Morgan fingerprint density at radius 3 is 3.04 bits per heavy atom. The van der Waals surface area contributed by atoms with Gasteiger partial charge >= 0.3 is 0 Å². The zero-order chi connectivity index (χ0) is 17.4. The zero-order valence-corrected chi connectivity index (χ0v) is 13.7. The van der Waals surface area contributed by atoms with Crippen molar-refractivity contribution in [3.63, 3.8) is 0 Å². The van der Waals surface area contributed by atoms with Gasteiger partial charge in [-0.2, -0.15) is 5.10 Å². The van der Waals surface area contributed by atoms with Crippen LogP contribution in [0.4, 0.5) is 5.69 Å². The first-order chi connectivity index (χ1) is 12.1. The third-order valence-corrected chi connectivity index (χ3v) is 4.32. The van der Waals surface area contributed by atoms with Gasteiger partial charge in [-0.05, 0) is 18.6 Å². The molecule has 0 spiro atoms. The molecular weight excluding hydrogens is 322 g/mol. The highest BCUT2D eigenvalue weighted by atomic mass is 16.5. The Morgan fingerprint density at radius 2 is 2.24 bits per heavy atom. The topological polar surface area (TPSA) is 93.3 Å². The predicted molar refractivity (Wildman–Crippen MR) is 89.8 cm³/mol. The van der Waals surface area contributed by atoms with E-state index in [9.17, 15) is 9.59 Å². The summed E-state index contributed by atoms with van der Waals surface area (Å²) >= 11 is 0. The number of nitrogens with zero attached hydrogens (tertiary/aromatic N) is 4. The lowest BCUT2D eigenvalue weighted by Crippen LogP contribution is -2.42. The summed E-state index contributed by atoms with van der Waals surface area (Å²) in [4.78, 5) is 26.5. The van der Waals surface area contributed by atoms with Crippen LogP contribution in [0.15, 0.2) is 41.2 Å². The number of amides is 2. The summed E-state index contributed by atoms with van der Waals surface area (Å²) < 4.78 is 6.85.